The normalized spacial score (nSPS) is 18.3. The van der Waals surface area contributed by atoms with Crippen molar-refractivity contribution in [1.29, 1.82) is 0 Å². The highest BCUT2D eigenvalue weighted by atomic mass is 16.2. The number of hydrogen-bond acceptors (Lipinski definition) is 2. The van der Waals surface area contributed by atoms with Gasteiger partial charge in [0.2, 0.25) is 5.91 Å². The average molecular weight is 377 g/mol. The van der Waals surface area contributed by atoms with Crippen molar-refractivity contribution in [3.63, 3.8) is 0 Å². The molecule has 0 unspecified atom stereocenters. The predicted molar refractivity (Wildman–Crippen MR) is 116 cm³/mol. The summed E-state index contributed by atoms with van der Waals surface area (Å²) in [5.74, 6) is 1.11. The maximum absolute atomic E-state index is 12.4. The Morgan fingerprint density at radius 1 is 0.964 bits per heavy atom. The number of benzene rings is 2. The van der Waals surface area contributed by atoms with Crippen molar-refractivity contribution in [3.05, 3.63) is 65.2 Å². The summed E-state index contributed by atoms with van der Waals surface area (Å²) in [5.41, 5.74) is 5.33. The van der Waals surface area contributed by atoms with Crippen molar-refractivity contribution in [2.24, 2.45) is 5.92 Å². The second-order valence-electron chi connectivity index (χ2n) is 8.46. The molecular weight excluding hydrogens is 344 g/mol. The van der Waals surface area contributed by atoms with Crippen LogP contribution in [0.15, 0.2) is 48.5 Å². The number of carbonyl (C=O) groups excluding carboxylic acids is 1. The number of amides is 1. The lowest BCUT2D eigenvalue weighted by Gasteiger charge is -2.33. The molecule has 2 aromatic rings. The van der Waals surface area contributed by atoms with Gasteiger partial charge in [0.1, 0.15) is 0 Å². The van der Waals surface area contributed by atoms with E-state index in [1.807, 2.05) is 4.90 Å². The molecule has 0 aliphatic carbocycles. The molecule has 0 N–H and O–H groups in total. The summed E-state index contributed by atoms with van der Waals surface area (Å²) in [6.45, 7) is 6.56. The molecule has 0 bridgehead atoms. The molecule has 2 heterocycles. The van der Waals surface area contributed by atoms with Crippen LogP contribution in [0.3, 0.4) is 0 Å². The average Bonchev–Trinajstić information content (AvgIpc) is 2.72. The predicted octanol–water partition coefficient (Wildman–Crippen LogP) is 4.97. The lowest BCUT2D eigenvalue weighted by atomic mass is 9.91. The summed E-state index contributed by atoms with van der Waals surface area (Å²) in [7, 11) is 0. The number of piperidine rings is 1. The van der Waals surface area contributed by atoms with Crippen molar-refractivity contribution in [2.45, 2.75) is 52.0 Å². The fourth-order valence-electron chi connectivity index (χ4n) is 4.74. The number of carbonyl (C=O) groups is 1. The van der Waals surface area contributed by atoms with Gasteiger partial charge in [-0.15, -0.1) is 0 Å². The zero-order valence-corrected chi connectivity index (χ0v) is 17.1. The molecule has 1 fully saturated rings. The highest BCUT2D eigenvalue weighted by molar-refractivity contribution is 5.96. The van der Waals surface area contributed by atoms with Crippen LogP contribution < -0.4 is 4.90 Å². The molecule has 2 aliphatic rings. The molecule has 3 heteroatoms. The summed E-state index contributed by atoms with van der Waals surface area (Å²) >= 11 is 0. The van der Waals surface area contributed by atoms with Gasteiger partial charge in [0.15, 0.2) is 0 Å². The Labute approximate surface area is 169 Å². The van der Waals surface area contributed by atoms with Crippen molar-refractivity contribution in [3.8, 4) is 0 Å². The number of aryl methyl sites for hydroxylation is 2. The first kappa shape index (κ1) is 19.2. The number of hydrogen-bond donors (Lipinski definition) is 0. The molecule has 148 valence electrons. The van der Waals surface area contributed by atoms with Gasteiger partial charge in [0, 0.05) is 25.2 Å². The topological polar surface area (TPSA) is 23.6 Å². The Morgan fingerprint density at radius 3 is 2.54 bits per heavy atom. The molecule has 0 radical (unpaired) electrons. The zero-order chi connectivity index (χ0) is 19.3. The second-order valence-corrected chi connectivity index (χ2v) is 8.46. The molecular formula is C25H32N2O. The van der Waals surface area contributed by atoms with E-state index in [1.165, 1.54) is 49.0 Å². The summed E-state index contributed by atoms with van der Waals surface area (Å²) in [6.07, 6.45) is 6.48. The highest BCUT2D eigenvalue weighted by Gasteiger charge is 2.24. The van der Waals surface area contributed by atoms with Crippen molar-refractivity contribution < 1.29 is 4.79 Å². The highest BCUT2D eigenvalue weighted by Crippen LogP contribution is 2.29. The fraction of sp³-hybridized carbons (Fsp3) is 0.480. The number of likely N-dealkylation sites (tertiary alicyclic amines) is 1. The van der Waals surface area contributed by atoms with Gasteiger partial charge in [-0.25, -0.2) is 0 Å². The van der Waals surface area contributed by atoms with E-state index in [4.69, 9.17) is 0 Å². The van der Waals surface area contributed by atoms with Crippen molar-refractivity contribution in [2.75, 3.05) is 24.5 Å². The van der Waals surface area contributed by atoms with Crippen molar-refractivity contribution in [1.82, 2.24) is 4.90 Å². The molecule has 3 nitrogen and oxygen atoms in total. The summed E-state index contributed by atoms with van der Waals surface area (Å²) < 4.78 is 0. The minimum Gasteiger partial charge on any atom is -0.312 e. The van der Waals surface area contributed by atoms with E-state index in [-0.39, 0.29) is 0 Å². The Balaban J connectivity index is 1.23. The van der Waals surface area contributed by atoms with E-state index < -0.39 is 0 Å². The van der Waals surface area contributed by atoms with Crippen molar-refractivity contribution >= 4 is 11.6 Å². The van der Waals surface area contributed by atoms with Gasteiger partial charge in [0.05, 0.1) is 0 Å². The summed E-state index contributed by atoms with van der Waals surface area (Å²) in [4.78, 5) is 17.0. The Bertz CT molecular complexity index is 808. The van der Waals surface area contributed by atoms with Gasteiger partial charge in [-0.05, 0) is 80.8 Å². The smallest absolute Gasteiger partial charge is 0.227 e. The first-order valence-electron chi connectivity index (χ1n) is 10.9. The third-order valence-corrected chi connectivity index (χ3v) is 6.55. The number of rotatable bonds is 6. The minimum atomic E-state index is 0.298. The number of fused-ring (bicyclic) bond motifs is 1. The third kappa shape index (κ3) is 4.47. The maximum Gasteiger partial charge on any atom is 0.227 e. The fourth-order valence-corrected chi connectivity index (χ4v) is 4.74. The van der Waals surface area contributed by atoms with Gasteiger partial charge < -0.3 is 4.90 Å². The van der Waals surface area contributed by atoms with Gasteiger partial charge in [-0.2, -0.15) is 0 Å². The standard InChI is InChI=1S/C25H32N2O/c1-20-7-2-3-10-23(20)19-26-17-14-21(15-18-26)8-6-16-27-24-11-5-4-9-22(24)12-13-25(27)28/h2-5,7,9-11,21H,6,8,12-19H2,1H3. The summed E-state index contributed by atoms with van der Waals surface area (Å²) in [6, 6.07) is 17.1. The lowest BCUT2D eigenvalue weighted by molar-refractivity contribution is -0.118. The number of para-hydroxylation sites is 1. The molecule has 28 heavy (non-hydrogen) atoms. The largest absolute Gasteiger partial charge is 0.312 e. The molecule has 2 aromatic carbocycles. The van der Waals surface area contributed by atoms with Crippen LogP contribution in [0.25, 0.3) is 0 Å². The summed E-state index contributed by atoms with van der Waals surface area (Å²) in [5, 5.41) is 0. The maximum atomic E-state index is 12.4. The Morgan fingerprint density at radius 2 is 1.71 bits per heavy atom. The van der Waals surface area contributed by atoms with Gasteiger partial charge in [-0.1, -0.05) is 42.5 Å². The molecule has 2 aliphatic heterocycles. The van der Waals surface area contributed by atoms with Crippen LogP contribution in [0.4, 0.5) is 5.69 Å². The SMILES string of the molecule is Cc1ccccc1CN1CCC(CCCN2C(=O)CCc3ccccc32)CC1. The number of anilines is 1. The van der Waals surface area contributed by atoms with Crippen LogP contribution in [-0.2, 0) is 17.8 Å². The molecule has 0 spiro atoms. The van der Waals surface area contributed by atoms with E-state index in [2.05, 4.69) is 60.4 Å². The minimum absolute atomic E-state index is 0.298. The molecule has 0 atom stereocenters. The monoisotopic (exact) mass is 376 g/mol. The first-order valence-corrected chi connectivity index (χ1v) is 10.9. The van der Waals surface area contributed by atoms with E-state index in [9.17, 15) is 4.79 Å². The molecule has 0 saturated carbocycles. The van der Waals surface area contributed by atoms with Gasteiger partial charge in [-0.3, -0.25) is 9.69 Å². The lowest BCUT2D eigenvalue weighted by Crippen LogP contribution is -2.36. The Kier molecular flexibility index (Phi) is 6.11. The van der Waals surface area contributed by atoms with Gasteiger partial charge >= 0.3 is 0 Å². The third-order valence-electron chi connectivity index (χ3n) is 6.55. The Hall–Kier alpha value is -2.13. The molecule has 4 rings (SSSR count). The van der Waals surface area contributed by atoms with E-state index in [0.717, 1.165) is 37.5 Å². The first-order chi connectivity index (χ1) is 13.7. The van der Waals surface area contributed by atoms with Crippen LogP contribution in [0.2, 0.25) is 0 Å². The quantitative estimate of drug-likeness (QED) is 0.711. The van der Waals surface area contributed by atoms with E-state index >= 15 is 0 Å². The molecule has 0 aromatic heterocycles. The van der Waals surface area contributed by atoms with Crippen LogP contribution in [-0.4, -0.2) is 30.4 Å². The van der Waals surface area contributed by atoms with E-state index in [0.29, 0.717) is 12.3 Å². The van der Waals surface area contributed by atoms with E-state index in [1.54, 1.807) is 0 Å². The van der Waals surface area contributed by atoms with Gasteiger partial charge in [0.25, 0.3) is 0 Å². The second kappa shape index (κ2) is 8.91. The van der Waals surface area contributed by atoms with Crippen LogP contribution in [0.1, 0.15) is 48.8 Å². The van der Waals surface area contributed by atoms with Crippen LogP contribution in [0.5, 0.6) is 0 Å². The van der Waals surface area contributed by atoms with Crippen LogP contribution >= 0.6 is 0 Å². The molecule has 1 amide bonds. The van der Waals surface area contributed by atoms with Crippen LogP contribution in [0, 0.1) is 12.8 Å². The zero-order valence-electron chi connectivity index (χ0n) is 17.1. The number of nitrogens with zero attached hydrogens (tertiary/aromatic N) is 2. The molecule has 1 saturated heterocycles.